The molecule has 0 radical (unpaired) electrons. The standard InChI is InChI=1S/C29H32FN3O2S/c1-20-27-16-31-33(26-13-11-25(30)12-14-26)28(27)15-23-9-10-24(29(20)23)18-32(17-21-7-8-21)36(34,35)19-22-5-3-2-4-6-22/h2-6,11-14,16,20-21,24H,7-10,15,17-19H2,1H3/t20-,24+/m0/s1. The summed E-state index contributed by atoms with van der Waals surface area (Å²) in [5.74, 6) is 0.736. The molecule has 3 aromatic rings. The maximum absolute atomic E-state index is 13.5. The number of nitrogens with zero attached hydrogens (tertiary/aromatic N) is 3. The molecule has 36 heavy (non-hydrogen) atoms. The minimum atomic E-state index is -3.41. The van der Waals surface area contributed by atoms with Crippen molar-refractivity contribution in [2.75, 3.05) is 13.1 Å². The third kappa shape index (κ3) is 4.55. The van der Waals surface area contributed by atoms with Gasteiger partial charge in [0.15, 0.2) is 0 Å². The van der Waals surface area contributed by atoms with Crippen molar-refractivity contribution in [1.29, 1.82) is 0 Å². The number of fused-ring (bicyclic) bond motifs is 1. The highest BCUT2D eigenvalue weighted by Crippen LogP contribution is 2.48. The van der Waals surface area contributed by atoms with Crippen molar-refractivity contribution in [2.24, 2.45) is 11.8 Å². The number of rotatable bonds is 8. The van der Waals surface area contributed by atoms with Crippen molar-refractivity contribution in [1.82, 2.24) is 14.1 Å². The smallest absolute Gasteiger partial charge is 0.218 e. The van der Waals surface area contributed by atoms with Gasteiger partial charge in [-0.25, -0.2) is 21.8 Å². The zero-order chi connectivity index (χ0) is 24.9. The normalized spacial score (nSPS) is 21.6. The van der Waals surface area contributed by atoms with Crippen LogP contribution in [0.5, 0.6) is 0 Å². The summed E-state index contributed by atoms with van der Waals surface area (Å²) in [5, 5.41) is 4.66. The Hall–Kier alpha value is -2.77. The highest BCUT2D eigenvalue weighted by Gasteiger charge is 2.39. The zero-order valence-electron chi connectivity index (χ0n) is 20.6. The molecule has 0 N–H and O–H groups in total. The lowest BCUT2D eigenvalue weighted by molar-refractivity contribution is 0.346. The Balaban J connectivity index is 1.25. The van der Waals surface area contributed by atoms with Crippen LogP contribution in [-0.2, 0) is 22.2 Å². The van der Waals surface area contributed by atoms with Gasteiger partial charge in [0.2, 0.25) is 10.0 Å². The molecule has 6 rings (SSSR count). The third-order valence-electron chi connectivity index (χ3n) is 8.10. The van der Waals surface area contributed by atoms with Crippen molar-refractivity contribution in [2.45, 2.75) is 50.7 Å². The van der Waals surface area contributed by atoms with Gasteiger partial charge in [0.05, 0.1) is 23.3 Å². The minimum absolute atomic E-state index is 0.0589. The lowest BCUT2D eigenvalue weighted by Crippen LogP contribution is -2.38. The number of hydrogen-bond acceptors (Lipinski definition) is 3. The van der Waals surface area contributed by atoms with Crippen LogP contribution in [0.25, 0.3) is 5.69 Å². The van der Waals surface area contributed by atoms with E-state index in [4.69, 9.17) is 0 Å². The molecule has 1 aromatic heterocycles. The molecule has 1 heterocycles. The third-order valence-corrected chi connectivity index (χ3v) is 9.88. The lowest BCUT2D eigenvalue weighted by Gasteiger charge is -2.31. The molecule has 1 fully saturated rings. The number of sulfonamides is 1. The van der Waals surface area contributed by atoms with Crippen molar-refractivity contribution >= 4 is 10.0 Å². The summed E-state index contributed by atoms with van der Waals surface area (Å²) in [7, 11) is -3.41. The molecule has 0 unspecified atom stereocenters. The fourth-order valence-corrected chi connectivity index (χ4v) is 7.73. The molecule has 5 nitrogen and oxygen atoms in total. The van der Waals surface area contributed by atoms with Crippen molar-refractivity contribution < 1.29 is 12.8 Å². The Kier molecular flexibility index (Phi) is 6.08. The summed E-state index contributed by atoms with van der Waals surface area (Å²) in [6.07, 6.45) is 7.00. The van der Waals surface area contributed by atoms with Crippen molar-refractivity contribution in [3.05, 3.63) is 94.6 Å². The molecule has 7 heteroatoms. The summed E-state index contributed by atoms with van der Waals surface area (Å²) in [4.78, 5) is 0. The van der Waals surface area contributed by atoms with Crippen LogP contribution in [-0.4, -0.2) is 35.6 Å². The number of benzene rings is 2. The largest absolute Gasteiger partial charge is 0.237 e. The van der Waals surface area contributed by atoms with Gasteiger partial charge >= 0.3 is 0 Å². The molecule has 2 atom stereocenters. The second kappa shape index (κ2) is 9.27. The van der Waals surface area contributed by atoms with Gasteiger partial charge in [0.25, 0.3) is 0 Å². The first kappa shape index (κ1) is 23.6. The first-order valence-corrected chi connectivity index (χ1v) is 14.6. The molecule has 188 valence electrons. The number of halogens is 1. The van der Waals surface area contributed by atoms with Crippen molar-refractivity contribution in [3.8, 4) is 5.69 Å². The fourth-order valence-electron chi connectivity index (χ4n) is 6.09. The van der Waals surface area contributed by atoms with Crippen LogP contribution in [0.1, 0.15) is 55.3 Å². The maximum Gasteiger partial charge on any atom is 0.218 e. The molecule has 3 aliphatic carbocycles. The van der Waals surface area contributed by atoms with E-state index in [1.165, 1.54) is 34.5 Å². The number of allylic oxidation sites excluding steroid dienone is 1. The van der Waals surface area contributed by atoms with Crippen LogP contribution in [0.3, 0.4) is 0 Å². The lowest BCUT2D eigenvalue weighted by atomic mass is 9.80. The van der Waals surface area contributed by atoms with E-state index < -0.39 is 10.0 Å². The Morgan fingerprint density at radius 1 is 1.03 bits per heavy atom. The Bertz CT molecular complexity index is 1390. The first-order chi connectivity index (χ1) is 17.4. The van der Waals surface area contributed by atoms with Gasteiger partial charge in [-0.1, -0.05) is 48.4 Å². The first-order valence-electron chi connectivity index (χ1n) is 13.0. The van der Waals surface area contributed by atoms with Gasteiger partial charge in [-0.3, -0.25) is 0 Å². The van der Waals surface area contributed by atoms with E-state index >= 15 is 0 Å². The SMILES string of the molecule is C[C@@H]1C2=C(CC[C@@H]2CN(CC2CC2)S(=O)(=O)Cc2ccccc2)Cc2c1cnn2-c1ccc(F)cc1. The van der Waals surface area contributed by atoms with Crippen LogP contribution >= 0.6 is 0 Å². The molecule has 2 aromatic carbocycles. The predicted molar refractivity (Wildman–Crippen MR) is 139 cm³/mol. The molecule has 0 bridgehead atoms. The van der Waals surface area contributed by atoms with E-state index in [2.05, 4.69) is 12.0 Å². The molecular weight excluding hydrogens is 473 g/mol. The van der Waals surface area contributed by atoms with Gasteiger partial charge < -0.3 is 0 Å². The van der Waals surface area contributed by atoms with E-state index in [1.807, 2.05) is 41.2 Å². The quantitative estimate of drug-likeness (QED) is 0.374. The van der Waals surface area contributed by atoms with E-state index in [0.717, 1.165) is 43.4 Å². The number of aromatic nitrogens is 2. The topological polar surface area (TPSA) is 55.2 Å². The van der Waals surface area contributed by atoms with Gasteiger partial charge in [-0.2, -0.15) is 5.10 Å². The summed E-state index contributed by atoms with van der Waals surface area (Å²) in [6.45, 7) is 3.43. The summed E-state index contributed by atoms with van der Waals surface area (Å²) in [6, 6.07) is 16.0. The van der Waals surface area contributed by atoms with Crippen LogP contribution < -0.4 is 0 Å². The van der Waals surface area contributed by atoms with Crippen molar-refractivity contribution in [3.63, 3.8) is 0 Å². The number of hydrogen-bond donors (Lipinski definition) is 0. The molecule has 0 spiro atoms. The van der Waals surface area contributed by atoms with Gasteiger partial charge in [0.1, 0.15) is 5.82 Å². The van der Waals surface area contributed by atoms with Crippen LogP contribution in [0.15, 0.2) is 71.9 Å². The summed E-state index contributed by atoms with van der Waals surface area (Å²) in [5.41, 5.74) is 6.91. The molecule has 0 amide bonds. The van der Waals surface area contributed by atoms with Crippen LogP contribution in [0.2, 0.25) is 0 Å². The monoisotopic (exact) mass is 505 g/mol. The van der Waals surface area contributed by atoms with E-state index in [-0.39, 0.29) is 23.4 Å². The Labute approximate surface area is 212 Å². The maximum atomic E-state index is 13.5. The molecular formula is C29H32FN3O2S. The zero-order valence-corrected chi connectivity index (χ0v) is 21.4. The highest BCUT2D eigenvalue weighted by atomic mass is 32.2. The molecule has 3 aliphatic rings. The van der Waals surface area contributed by atoms with Gasteiger partial charge in [-0.15, -0.1) is 0 Å². The Morgan fingerprint density at radius 3 is 2.50 bits per heavy atom. The average molecular weight is 506 g/mol. The Morgan fingerprint density at radius 2 is 1.78 bits per heavy atom. The summed E-state index contributed by atoms with van der Waals surface area (Å²) < 4.78 is 44.3. The van der Waals surface area contributed by atoms with E-state index in [1.54, 1.807) is 16.4 Å². The molecule has 1 saturated carbocycles. The predicted octanol–water partition coefficient (Wildman–Crippen LogP) is 5.62. The molecule has 0 saturated heterocycles. The van der Waals surface area contributed by atoms with Gasteiger partial charge in [-0.05, 0) is 67.3 Å². The van der Waals surface area contributed by atoms with Crippen LogP contribution in [0.4, 0.5) is 4.39 Å². The van der Waals surface area contributed by atoms with Gasteiger partial charge in [0, 0.05) is 31.0 Å². The summed E-state index contributed by atoms with van der Waals surface area (Å²) >= 11 is 0. The van der Waals surface area contributed by atoms with Crippen LogP contribution in [0, 0.1) is 17.7 Å². The van der Waals surface area contributed by atoms with E-state index in [9.17, 15) is 12.8 Å². The average Bonchev–Trinajstić information content (AvgIpc) is 3.43. The second-order valence-corrected chi connectivity index (χ2v) is 12.6. The fraction of sp³-hybridized carbons (Fsp3) is 0.414. The minimum Gasteiger partial charge on any atom is -0.237 e. The second-order valence-electron chi connectivity index (χ2n) is 10.6. The molecule has 0 aliphatic heterocycles. The highest BCUT2D eigenvalue weighted by molar-refractivity contribution is 7.88. The van der Waals surface area contributed by atoms with E-state index in [0.29, 0.717) is 19.0 Å².